The van der Waals surface area contributed by atoms with Gasteiger partial charge in [0.1, 0.15) is 18.4 Å². The Morgan fingerprint density at radius 2 is 1.74 bits per heavy atom. The number of piperidine rings is 2. The standard InChI is InChI=1S/C31H37N5O6/c37-28-11-10-27(29(38)32-28)36-19-22-17-25(8-9-26(22)30(36)39)42-20-24-3-1-2-12-35(24)18-21-4-6-23(7-5-21)33-13-15-34(16-14-33)31(40)41/h4-9,17,24,27H,1-3,10-16,18-20H2,(H,40,41)(H,32,37,38)/t24-,27?/m1/s1. The molecule has 4 aliphatic rings. The fourth-order valence-electron chi connectivity index (χ4n) is 6.49. The number of nitrogens with zero attached hydrogens (tertiary/aromatic N) is 4. The summed E-state index contributed by atoms with van der Waals surface area (Å²) in [5.41, 5.74) is 3.78. The largest absolute Gasteiger partial charge is 0.492 e. The molecule has 4 heterocycles. The molecule has 3 saturated heterocycles. The molecule has 4 amide bonds. The Bertz CT molecular complexity index is 1360. The second-order valence-electron chi connectivity index (χ2n) is 11.6. The van der Waals surface area contributed by atoms with Gasteiger partial charge in [0.2, 0.25) is 11.8 Å². The summed E-state index contributed by atoms with van der Waals surface area (Å²) < 4.78 is 6.27. The first-order chi connectivity index (χ1) is 20.4. The van der Waals surface area contributed by atoms with Crippen LogP contribution in [0, 0.1) is 0 Å². The van der Waals surface area contributed by atoms with Crippen molar-refractivity contribution in [3.8, 4) is 5.75 Å². The lowest BCUT2D eigenvalue weighted by Gasteiger charge is -2.36. The van der Waals surface area contributed by atoms with Crippen LogP contribution in [0.3, 0.4) is 0 Å². The molecule has 2 N–H and O–H groups in total. The topological polar surface area (TPSA) is 123 Å². The highest BCUT2D eigenvalue weighted by atomic mass is 16.5. The number of imide groups is 1. The highest BCUT2D eigenvalue weighted by Crippen LogP contribution is 2.31. The van der Waals surface area contributed by atoms with Crippen molar-refractivity contribution in [1.29, 1.82) is 0 Å². The fraction of sp³-hybridized carbons (Fsp3) is 0.484. The number of hydrogen-bond donors (Lipinski definition) is 2. The van der Waals surface area contributed by atoms with E-state index in [2.05, 4.69) is 39.4 Å². The van der Waals surface area contributed by atoms with Crippen LogP contribution in [0.4, 0.5) is 10.5 Å². The number of likely N-dealkylation sites (tertiary alicyclic amines) is 1. The summed E-state index contributed by atoms with van der Waals surface area (Å²) in [6, 6.07) is 13.7. The van der Waals surface area contributed by atoms with E-state index in [0.29, 0.717) is 57.1 Å². The Hall–Kier alpha value is -4.12. The highest BCUT2D eigenvalue weighted by Gasteiger charge is 2.39. The van der Waals surface area contributed by atoms with Gasteiger partial charge in [-0.1, -0.05) is 18.6 Å². The monoisotopic (exact) mass is 575 g/mol. The quantitative estimate of drug-likeness (QED) is 0.484. The van der Waals surface area contributed by atoms with Crippen LogP contribution in [-0.4, -0.2) is 95.0 Å². The summed E-state index contributed by atoms with van der Waals surface area (Å²) in [7, 11) is 0. The number of piperazine rings is 1. The van der Waals surface area contributed by atoms with E-state index < -0.39 is 18.0 Å². The molecule has 222 valence electrons. The van der Waals surface area contributed by atoms with Crippen LogP contribution in [0.5, 0.6) is 5.75 Å². The third-order valence-electron chi connectivity index (χ3n) is 8.92. The lowest BCUT2D eigenvalue weighted by Crippen LogP contribution is -2.52. The van der Waals surface area contributed by atoms with Gasteiger partial charge in [0.25, 0.3) is 5.91 Å². The second kappa shape index (κ2) is 12.0. The number of carboxylic acid groups (broad SMARTS) is 1. The van der Waals surface area contributed by atoms with Crippen molar-refractivity contribution in [3.63, 3.8) is 0 Å². The maximum atomic E-state index is 13.0. The van der Waals surface area contributed by atoms with Crippen molar-refractivity contribution in [3.05, 3.63) is 59.2 Å². The molecule has 2 aromatic carbocycles. The predicted octanol–water partition coefficient (Wildman–Crippen LogP) is 2.68. The van der Waals surface area contributed by atoms with Crippen molar-refractivity contribution < 1.29 is 29.0 Å². The molecule has 0 bridgehead atoms. The predicted molar refractivity (Wildman–Crippen MR) is 154 cm³/mol. The number of carbonyl (C=O) groups is 4. The van der Waals surface area contributed by atoms with Crippen molar-refractivity contribution in [2.75, 3.05) is 44.2 Å². The summed E-state index contributed by atoms with van der Waals surface area (Å²) in [6.07, 6.45) is 3.09. The Kier molecular flexibility index (Phi) is 8.01. The molecule has 6 rings (SSSR count). The van der Waals surface area contributed by atoms with Gasteiger partial charge >= 0.3 is 6.09 Å². The van der Waals surface area contributed by atoms with Gasteiger partial charge in [-0.3, -0.25) is 24.6 Å². The van der Waals surface area contributed by atoms with E-state index in [-0.39, 0.29) is 24.3 Å². The third kappa shape index (κ3) is 5.92. The summed E-state index contributed by atoms with van der Waals surface area (Å²) in [5, 5.41) is 11.5. The van der Waals surface area contributed by atoms with Crippen LogP contribution in [0.15, 0.2) is 42.5 Å². The highest BCUT2D eigenvalue weighted by molar-refractivity contribution is 6.05. The van der Waals surface area contributed by atoms with E-state index in [1.807, 2.05) is 12.1 Å². The average Bonchev–Trinajstić information content (AvgIpc) is 3.32. The molecule has 2 aromatic rings. The minimum atomic E-state index is -0.854. The van der Waals surface area contributed by atoms with E-state index >= 15 is 0 Å². The van der Waals surface area contributed by atoms with Gasteiger partial charge in [0, 0.05) is 63.0 Å². The minimum absolute atomic E-state index is 0.182. The fourth-order valence-corrected chi connectivity index (χ4v) is 6.49. The smallest absolute Gasteiger partial charge is 0.407 e. The van der Waals surface area contributed by atoms with E-state index in [1.54, 1.807) is 11.0 Å². The number of benzene rings is 2. The van der Waals surface area contributed by atoms with Gasteiger partial charge in [0.05, 0.1) is 0 Å². The normalized spacial score (nSPS) is 23.1. The summed E-state index contributed by atoms with van der Waals surface area (Å²) in [4.78, 5) is 55.8. The molecule has 11 nitrogen and oxygen atoms in total. The number of fused-ring (bicyclic) bond motifs is 1. The van der Waals surface area contributed by atoms with Crippen LogP contribution in [-0.2, 0) is 22.7 Å². The van der Waals surface area contributed by atoms with Gasteiger partial charge in [-0.15, -0.1) is 0 Å². The van der Waals surface area contributed by atoms with Gasteiger partial charge in [-0.25, -0.2) is 4.79 Å². The van der Waals surface area contributed by atoms with E-state index in [1.165, 1.54) is 10.5 Å². The molecule has 0 aliphatic carbocycles. The summed E-state index contributed by atoms with van der Waals surface area (Å²) >= 11 is 0. The summed E-state index contributed by atoms with van der Waals surface area (Å²) in [5.74, 6) is -0.171. The van der Waals surface area contributed by atoms with E-state index in [9.17, 15) is 24.3 Å². The molecule has 42 heavy (non-hydrogen) atoms. The zero-order valence-corrected chi connectivity index (χ0v) is 23.7. The van der Waals surface area contributed by atoms with Gasteiger partial charge < -0.3 is 24.5 Å². The van der Waals surface area contributed by atoms with Crippen molar-refractivity contribution >= 4 is 29.5 Å². The lowest BCUT2D eigenvalue weighted by atomic mass is 10.0. The molecule has 0 spiro atoms. The molecule has 0 saturated carbocycles. The van der Waals surface area contributed by atoms with Crippen LogP contribution in [0.25, 0.3) is 0 Å². The van der Waals surface area contributed by atoms with E-state index in [0.717, 1.165) is 43.6 Å². The number of amides is 4. The molecule has 1 unspecified atom stereocenters. The average molecular weight is 576 g/mol. The van der Waals surface area contributed by atoms with E-state index in [4.69, 9.17) is 4.74 Å². The number of nitrogens with one attached hydrogen (secondary N) is 1. The molecule has 4 aliphatic heterocycles. The minimum Gasteiger partial charge on any atom is -0.492 e. The first kappa shape index (κ1) is 28.0. The Labute approximate surface area is 245 Å². The molecular formula is C31H37N5O6. The van der Waals surface area contributed by atoms with Crippen molar-refractivity contribution in [2.45, 2.75) is 57.3 Å². The molecular weight excluding hydrogens is 538 g/mol. The Morgan fingerprint density at radius 3 is 2.48 bits per heavy atom. The molecule has 2 atom stereocenters. The summed E-state index contributed by atoms with van der Waals surface area (Å²) in [6.45, 7) is 5.16. The SMILES string of the molecule is O=C1CCC(N2Cc3cc(OC[C@H]4CCCCN4Cc4ccc(N5CCN(C(=O)O)CC5)cc4)ccc3C2=O)C(=O)N1. The Balaban J connectivity index is 1.04. The van der Waals surface area contributed by atoms with Crippen LogP contribution in [0.2, 0.25) is 0 Å². The zero-order chi connectivity index (χ0) is 29.2. The number of rotatable bonds is 7. The third-order valence-corrected chi connectivity index (χ3v) is 8.92. The maximum Gasteiger partial charge on any atom is 0.407 e. The second-order valence-corrected chi connectivity index (χ2v) is 11.6. The van der Waals surface area contributed by atoms with Crippen molar-refractivity contribution in [2.24, 2.45) is 0 Å². The van der Waals surface area contributed by atoms with Gasteiger partial charge in [-0.05, 0) is 67.3 Å². The first-order valence-corrected chi connectivity index (χ1v) is 14.8. The lowest BCUT2D eigenvalue weighted by molar-refractivity contribution is -0.136. The number of anilines is 1. The number of ether oxygens (including phenoxy) is 1. The zero-order valence-electron chi connectivity index (χ0n) is 23.7. The number of carbonyl (C=O) groups excluding carboxylic acids is 3. The number of hydrogen-bond acceptors (Lipinski definition) is 7. The molecule has 3 fully saturated rings. The molecule has 11 heteroatoms. The van der Waals surface area contributed by atoms with Crippen LogP contribution < -0.4 is 15.0 Å². The van der Waals surface area contributed by atoms with Gasteiger partial charge in [-0.2, -0.15) is 0 Å². The van der Waals surface area contributed by atoms with Crippen molar-refractivity contribution in [1.82, 2.24) is 20.0 Å². The Morgan fingerprint density at radius 1 is 0.952 bits per heavy atom. The maximum absolute atomic E-state index is 13.0. The molecule has 0 radical (unpaired) electrons. The first-order valence-electron chi connectivity index (χ1n) is 14.8. The molecule has 0 aromatic heterocycles. The van der Waals surface area contributed by atoms with Gasteiger partial charge in [0.15, 0.2) is 0 Å². The van der Waals surface area contributed by atoms with Crippen LogP contribution >= 0.6 is 0 Å². The van der Waals surface area contributed by atoms with Crippen LogP contribution in [0.1, 0.15) is 53.6 Å².